The van der Waals surface area contributed by atoms with E-state index in [0.29, 0.717) is 17.0 Å². The number of ether oxygens (including phenoxy) is 1. The molecule has 0 saturated heterocycles. The van der Waals surface area contributed by atoms with E-state index in [9.17, 15) is 8.42 Å². The summed E-state index contributed by atoms with van der Waals surface area (Å²) in [5.74, 6) is 0.425. The van der Waals surface area contributed by atoms with Crippen molar-refractivity contribution in [3.05, 3.63) is 46.4 Å². The van der Waals surface area contributed by atoms with Gasteiger partial charge in [-0.2, -0.15) is 0 Å². The number of aryl methyl sites for hydroxylation is 1. The summed E-state index contributed by atoms with van der Waals surface area (Å²) in [5, 5.41) is 0. The van der Waals surface area contributed by atoms with Crippen LogP contribution in [0, 0.1) is 6.92 Å². The van der Waals surface area contributed by atoms with Crippen LogP contribution in [-0.4, -0.2) is 15.5 Å². The lowest BCUT2D eigenvalue weighted by Gasteiger charge is -2.15. The first-order valence-electron chi connectivity index (χ1n) is 6.06. The maximum atomic E-state index is 12.6. The molecular formula is C14H15BrN2O3S. The topological polar surface area (TPSA) is 81.4 Å². The molecule has 0 spiro atoms. The van der Waals surface area contributed by atoms with E-state index >= 15 is 0 Å². The zero-order chi connectivity index (χ0) is 15.6. The Morgan fingerprint density at radius 1 is 1.24 bits per heavy atom. The summed E-state index contributed by atoms with van der Waals surface area (Å²) < 4.78 is 33.5. The second kappa shape index (κ2) is 5.95. The molecule has 0 aliphatic carbocycles. The molecule has 21 heavy (non-hydrogen) atoms. The number of anilines is 2. The zero-order valence-corrected chi connectivity index (χ0v) is 14.0. The number of rotatable bonds is 4. The summed E-state index contributed by atoms with van der Waals surface area (Å²) in [6.07, 6.45) is 0. The third-order valence-corrected chi connectivity index (χ3v) is 4.99. The quantitative estimate of drug-likeness (QED) is 0.809. The van der Waals surface area contributed by atoms with Gasteiger partial charge < -0.3 is 10.5 Å². The van der Waals surface area contributed by atoms with Crippen LogP contribution < -0.4 is 15.2 Å². The smallest absolute Gasteiger partial charge is 0.264 e. The van der Waals surface area contributed by atoms with Crippen LogP contribution >= 0.6 is 15.9 Å². The summed E-state index contributed by atoms with van der Waals surface area (Å²) in [4.78, 5) is 0.0760. The van der Waals surface area contributed by atoms with Gasteiger partial charge in [-0.3, -0.25) is 4.72 Å². The van der Waals surface area contributed by atoms with Gasteiger partial charge in [0, 0.05) is 4.47 Å². The van der Waals surface area contributed by atoms with Crippen LogP contribution in [0.1, 0.15) is 5.56 Å². The molecule has 0 saturated carbocycles. The lowest BCUT2D eigenvalue weighted by Crippen LogP contribution is -2.16. The van der Waals surface area contributed by atoms with Crippen molar-refractivity contribution >= 4 is 37.3 Å². The van der Waals surface area contributed by atoms with Crippen molar-refractivity contribution in [1.29, 1.82) is 0 Å². The number of hydrogen-bond acceptors (Lipinski definition) is 4. The van der Waals surface area contributed by atoms with Crippen LogP contribution in [0.4, 0.5) is 11.4 Å². The summed E-state index contributed by atoms with van der Waals surface area (Å²) in [5.41, 5.74) is 6.93. The summed E-state index contributed by atoms with van der Waals surface area (Å²) in [6.45, 7) is 1.70. The van der Waals surface area contributed by atoms with Crippen LogP contribution in [0.5, 0.6) is 5.75 Å². The number of halogens is 1. The molecule has 0 fully saturated rings. The molecule has 112 valence electrons. The van der Waals surface area contributed by atoms with Crippen molar-refractivity contribution in [3.63, 3.8) is 0 Å². The van der Waals surface area contributed by atoms with Gasteiger partial charge in [-0.15, -0.1) is 0 Å². The Bertz CT molecular complexity index is 756. The highest BCUT2D eigenvalue weighted by atomic mass is 79.9. The monoisotopic (exact) mass is 370 g/mol. The van der Waals surface area contributed by atoms with Crippen LogP contribution in [0.2, 0.25) is 0 Å². The number of nitrogens with one attached hydrogen (secondary N) is 1. The summed E-state index contributed by atoms with van der Waals surface area (Å²) in [7, 11) is -2.32. The molecule has 0 aromatic heterocycles. The molecule has 2 aromatic rings. The van der Waals surface area contributed by atoms with Gasteiger partial charge in [0.15, 0.2) is 0 Å². The molecule has 7 heteroatoms. The largest absolute Gasteiger partial charge is 0.495 e. The van der Waals surface area contributed by atoms with Gasteiger partial charge in [-0.05, 0) is 36.8 Å². The van der Waals surface area contributed by atoms with E-state index in [-0.39, 0.29) is 10.6 Å². The standard InChI is InChI=1S/C14H15BrN2O3S/c1-9-4-3-5-11(16)14(9)21(18,19)17-12-8-10(15)6-7-13(12)20-2/h3-8,17H,16H2,1-2H3. The van der Waals surface area contributed by atoms with Gasteiger partial charge in [0.1, 0.15) is 10.6 Å². The van der Waals surface area contributed by atoms with Crippen LogP contribution in [0.3, 0.4) is 0 Å². The van der Waals surface area contributed by atoms with E-state index in [0.717, 1.165) is 4.47 Å². The van der Waals surface area contributed by atoms with Gasteiger partial charge in [-0.25, -0.2) is 8.42 Å². The van der Waals surface area contributed by atoms with Crippen molar-refractivity contribution in [2.24, 2.45) is 0 Å². The van der Waals surface area contributed by atoms with E-state index in [1.807, 2.05) is 0 Å². The Morgan fingerprint density at radius 2 is 1.95 bits per heavy atom. The first-order chi connectivity index (χ1) is 9.85. The number of methoxy groups -OCH3 is 1. The molecule has 0 aliphatic rings. The van der Waals surface area contributed by atoms with E-state index in [1.165, 1.54) is 7.11 Å². The fourth-order valence-electron chi connectivity index (χ4n) is 2.00. The Labute approximate surface area is 132 Å². The number of sulfonamides is 1. The molecule has 5 nitrogen and oxygen atoms in total. The first-order valence-corrected chi connectivity index (χ1v) is 8.34. The molecule has 0 atom stereocenters. The molecule has 3 N–H and O–H groups in total. The highest BCUT2D eigenvalue weighted by molar-refractivity contribution is 9.10. The molecule has 0 radical (unpaired) electrons. The van der Waals surface area contributed by atoms with Gasteiger partial charge in [0.25, 0.3) is 10.0 Å². The second-order valence-electron chi connectivity index (χ2n) is 4.44. The predicted octanol–water partition coefficient (Wildman–Crippen LogP) is 3.15. The highest BCUT2D eigenvalue weighted by Crippen LogP contribution is 2.31. The van der Waals surface area contributed by atoms with Gasteiger partial charge >= 0.3 is 0 Å². The second-order valence-corrected chi connectivity index (χ2v) is 6.98. The van der Waals surface area contributed by atoms with Crippen molar-refractivity contribution in [2.75, 3.05) is 17.6 Å². The maximum absolute atomic E-state index is 12.6. The lowest BCUT2D eigenvalue weighted by molar-refractivity contribution is 0.417. The SMILES string of the molecule is COc1ccc(Br)cc1NS(=O)(=O)c1c(C)cccc1N. The normalized spacial score (nSPS) is 11.2. The van der Waals surface area contributed by atoms with Crippen molar-refractivity contribution < 1.29 is 13.2 Å². The van der Waals surface area contributed by atoms with E-state index in [2.05, 4.69) is 20.7 Å². The molecule has 2 aromatic carbocycles. The molecule has 0 unspecified atom stereocenters. The minimum Gasteiger partial charge on any atom is -0.495 e. The van der Waals surface area contributed by atoms with Gasteiger partial charge in [0.2, 0.25) is 0 Å². The Hall–Kier alpha value is -1.73. The third kappa shape index (κ3) is 3.30. The maximum Gasteiger partial charge on any atom is 0.264 e. The molecule has 0 amide bonds. The number of nitrogens with two attached hydrogens (primary N) is 1. The van der Waals surface area contributed by atoms with Crippen LogP contribution in [-0.2, 0) is 10.0 Å². The Balaban J connectivity index is 2.50. The van der Waals surface area contributed by atoms with Gasteiger partial charge in [-0.1, -0.05) is 28.1 Å². The van der Waals surface area contributed by atoms with Crippen LogP contribution in [0.15, 0.2) is 45.8 Å². The molecule has 2 rings (SSSR count). The Kier molecular flexibility index (Phi) is 4.43. The third-order valence-electron chi connectivity index (χ3n) is 2.92. The zero-order valence-electron chi connectivity index (χ0n) is 11.6. The lowest BCUT2D eigenvalue weighted by atomic mass is 10.2. The van der Waals surface area contributed by atoms with E-state index in [4.69, 9.17) is 10.5 Å². The number of nitrogen functional groups attached to an aromatic ring is 1. The molecule has 0 aliphatic heterocycles. The molecule has 0 heterocycles. The average Bonchev–Trinajstić information content (AvgIpc) is 2.37. The van der Waals surface area contributed by atoms with Gasteiger partial charge in [0.05, 0.1) is 18.5 Å². The molecule has 0 bridgehead atoms. The van der Waals surface area contributed by atoms with Crippen molar-refractivity contribution in [3.8, 4) is 5.75 Å². The fraction of sp³-hybridized carbons (Fsp3) is 0.143. The van der Waals surface area contributed by atoms with Crippen LogP contribution in [0.25, 0.3) is 0 Å². The minimum atomic E-state index is -3.80. The van der Waals surface area contributed by atoms with E-state index in [1.54, 1.807) is 43.3 Å². The predicted molar refractivity (Wildman–Crippen MR) is 87.1 cm³/mol. The highest BCUT2D eigenvalue weighted by Gasteiger charge is 2.21. The average molecular weight is 371 g/mol. The fourth-order valence-corrected chi connectivity index (χ4v) is 3.78. The number of hydrogen-bond donors (Lipinski definition) is 2. The summed E-state index contributed by atoms with van der Waals surface area (Å²) in [6, 6.07) is 10.0. The number of benzene rings is 2. The first kappa shape index (κ1) is 15.7. The minimum absolute atomic E-state index is 0.0760. The molecular weight excluding hydrogens is 356 g/mol. The summed E-state index contributed by atoms with van der Waals surface area (Å²) >= 11 is 3.30. The van der Waals surface area contributed by atoms with Crippen molar-refractivity contribution in [1.82, 2.24) is 0 Å². The van der Waals surface area contributed by atoms with Crippen molar-refractivity contribution in [2.45, 2.75) is 11.8 Å². The van der Waals surface area contributed by atoms with E-state index < -0.39 is 10.0 Å². The Morgan fingerprint density at radius 3 is 2.57 bits per heavy atom.